The zero-order valence-electron chi connectivity index (χ0n) is 16.6. The van der Waals surface area contributed by atoms with Crippen molar-refractivity contribution < 1.29 is 5.11 Å². The number of hydrogen-bond acceptors (Lipinski definition) is 1. The van der Waals surface area contributed by atoms with Gasteiger partial charge in [-0.3, -0.25) is 0 Å². The molecule has 0 aromatic heterocycles. The summed E-state index contributed by atoms with van der Waals surface area (Å²) in [6.07, 6.45) is 13.2. The number of fused-ring (bicyclic) bond motifs is 5. The standard InChI is InChI=1S/C23H39BrO/c1-4-23(25)12-10-17-16(13-23)5-6-19-18(17)9-11-22(3)20(15(2)14-24)7-8-21(19)22/h15-21,25H,4-14H2,1-3H3/t15?,16-,17+,18-,19-,20-,21?,22-,23-/m1/s1. The molecule has 4 aliphatic carbocycles. The molecular formula is C23H39BrO. The normalized spacial score (nSPS) is 53.6. The van der Waals surface area contributed by atoms with Crippen LogP contribution in [-0.4, -0.2) is 16.0 Å². The second-order valence-corrected chi connectivity index (χ2v) is 11.3. The SMILES string of the molecule is CC[C@@]1(O)CC[C@H]2[C@H](CC[C@H]3C4CC[C@H](C(C)CBr)[C@@]4(C)CC[C@H]23)C1. The van der Waals surface area contributed by atoms with E-state index in [1.165, 1.54) is 50.3 Å². The first-order valence-corrected chi connectivity index (χ1v) is 12.3. The molecule has 0 spiro atoms. The van der Waals surface area contributed by atoms with Crippen molar-refractivity contribution in [2.45, 2.75) is 90.6 Å². The third-order valence-corrected chi connectivity index (χ3v) is 10.8. The highest BCUT2D eigenvalue weighted by Crippen LogP contribution is 2.65. The summed E-state index contributed by atoms with van der Waals surface area (Å²) in [5.41, 5.74) is 0.279. The summed E-state index contributed by atoms with van der Waals surface area (Å²) in [6, 6.07) is 0. The van der Waals surface area contributed by atoms with E-state index in [9.17, 15) is 5.11 Å². The van der Waals surface area contributed by atoms with Crippen molar-refractivity contribution in [2.75, 3.05) is 5.33 Å². The van der Waals surface area contributed by atoms with Gasteiger partial charge in [-0.15, -0.1) is 0 Å². The van der Waals surface area contributed by atoms with Crippen molar-refractivity contribution in [3.05, 3.63) is 0 Å². The predicted molar refractivity (Wildman–Crippen MR) is 109 cm³/mol. The van der Waals surface area contributed by atoms with Gasteiger partial charge in [0.2, 0.25) is 0 Å². The Balaban J connectivity index is 1.51. The van der Waals surface area contributed by atoms with E-state index in [4.69, 9.17) is 0 Å². The van der Waals surface area contributed by atoms with Crippen molar-refractivity contribution in [3.8, 4) is 0 Å². The highest BCUT2D eigenvalue weighted by Gasteiger charge is 2.58. The first kappa shape index (κ1) is 18.8. The fraction of sp³-hybridized carbons (Fsp3) is 1.00. The number of hydrogen-bond donors (Lipinski definition) is 1. The summed E-state index contributed by atoms with van der Waals surface area (Å²) in [5.74, 6) is 6.50. The van der Waals surface area contributed by atoms with Crippen molar-refractivity contribution >= 4 is 15.9 Å². The maximum absolute atomic E-state index is 10.8. The van der Waals surface area contributed by atoms with Crippen molar-refractivity contribution in [3.63, 3.8) is 0 Å². The molecule has 4 aliphatic rings. The van der Waals surface area contributed by atoms with E-state index in [0.29, 0.717) is 5.41 Å². The summed E-state index contributed by atoms with van der Waals surface area (Å²) in [4.78, 5) is 0. The van der Waals surface area contributed by atoms with Crippen LogP contribution in [0.25, 0.3) is 0 Å². The molecule has 144 valence electrons. The predicted octanol–water partition coefficient (Wildman–Crippen LogP) is 6.43. The first-order chi connectivity index (χ1) is 11.9. The van der Waals surface area contributed by atoms with Crippen LogP contribution in [0.1, 0.15) is 85.0 Å². The summed E-state index contributed by atoms with van der Waals surface area (Å²) in [7, 11) is 0. The van der Waals surface area contributed by atoms with Crippen LogP contribution in [0.4, 0.5) is 0 Å². The minimum atomic E-state index is -0.332. The van der Waals surface area contributed by atoms with Gasteiger partial charge in [-0.05, 0) is 111 Å². The summed E-state index contributed by atoms with van der Waals surface area (Å²) in [6.45, 7) is 7.32. The van der Waals surface area contributed by atoms with E-state index in [-0.39, 0.29) is 5.60 Å². The van der Waals surface area contributed by atoms with Crippen LogP contribution in [-0.2, 0) is 0 Å². The van der Waals surface area contributed by atoms with E-state index in [2.05, 4.69) is 36.7 Å². The largest absolute Gasteiger partial charge is 0.390 e. The Morgan fingerprint density at radius 3 is 2.48 bits per heavy atom. The Labute approximate surface area is 163 Å². The van der Waals surface area contributed by atoms with Gasteiger partial charge < -0.3 is 5.11 Å². The van der Waals surface area contributed by atoms with E-state index in [1.54, 1.807) is 0 Å². The Morgan fingerprint density at radius 2 is 1.76 bits per heavy atom. The van der Waals surface area contributed by atoms with Crippen LogP contribution in [0.3, 0.4) is 0 Å². The lowest BCUT2D eigenvalue weighted by Gasteiger charge is -2.57. The molecule has 0 radical (unpaired) electrons. The quantitative estimate of drug-likeness (QED) is 0.531. The minimum absolute atomic E-state index is 0.332. The van der Waals surface area contributed by atoms with Crippen molar-refractivity contribution in [2.24, 2.45) is 46.8 Å². The van der Waals surface area contributed by atoms with E-state index < -0.39 is 0 Å². The lowest BCUT2D eigenvalue weighted by Crippen LogP contribution is -2.51. The zero-order valence-corrected chi connectivity index (χ0v) is 18.2. The fourth-order valence-corrected chi connectivity index (χ4v) is 8.82. The monoisotopic (exact) mass is 410 g/mol. The topological polar surface area (TPSA) is 20.2 Å². The van der Waals surface area contributed by atoms with Gasteiger partial charge in [0.1, 0.15) is 0 Å². The lowest BCUT2D eigenvalue weighted by molar-refractivity contribution is -0.108. The molecule has 2 unspecified atom stereocenters. The van der Waals surface area contributed by atoms with E-state index >= 15 is 0 Å². The van der Waals surface area contributed by atoms with Gasteiger partial charge in [-0.2, -0.15) is 0 Å². The highest BCUT2D eigenvalue weighted by molar-refractivity contribution is 9.09. The smallest absolute Gasteiger partial charge is 0.0648 e. The molecule has 25 heavy (non-hydrogen) atoms. The number of rotatable bonds is 3. The number of alkyl halides is 1. The molecule has 0 heterocycles. The molecule has 4 rings (SSSR count). The maximum Gasteiger partial charge on any atom is 0.0648 e. The highest BCUT2D eigenvalue weighted by atomic mass is 79.9. The van der Waals surface area contributed by atoms with Crippen LogP contribution >= 0.6 is 15.9 Å². The van der Waals surface area contributed by atoms with Gasteiger partial charge in [0.15, 0.2) is 0 Å². The van der Waals surface area contributed by atoms with Gasteiger partial charge >= 0.3 is 0 Å². The molecule has 0 aliphatic heterocycles. The van der Waals surface area contributed by atoms with Gasteiger partial charge in [0.05, 0.1) is 5.60 Å². The average molecular weight is 411 g/mol. The third kappa shape index (κ3) is 2.96. The Bertz CT molecular complexity index is 492. The molecule has 0 amide bonds. The first-order valence-electron chi connectivity index (χ1n) is 11.2. The lowest BCUT2D eigenvalue weighted by atomic mass is 9.48. The van der Waals surface area contributed by atoms with Crippen LogP contribution in [0, 0.1) is 46.8 Å². The molecule has 0 saturated heterocycles. The van der Waals surface area contributed by atoms with Crippen LogP contribution in [0.2, 0.25) is 0 Å². The molecule has 2 heteroatoms. The minimum Gasteiger partial charge on any atom is -0.390 e. The molecule has 9 atom stereocenters. The average Bonchev–Trinajstić information content (AvgIpc) is 2.98. The van der Waals surface area contributed by atoms with Gasteiger partial charge in [-0.25, -0.2) is 0 Å². The summed E-state index contributed by atoms with van der Waals surface area (Å²) < 4.78 is 0. The molecule has 0 aromatic rings. The maximum atomic E-state index is 10.8. The summed E-state index contributed by atoms with van der Waals surface area (Å²) in [5, 5.41) is 12.0. The molecule has 0 bridgehead atoms. The fourth-order valence-electron chi connectivity index (χ4n) is 8.37. The van der Waals surface area contributed by atoms with Gasteiger partial charge in [-0.1, -0.05) is 36.7 Å². The van der Waals surface area contributed by atoms with Crippen LogP contribution in [0.5, 0.6) is 0 Å². The van der Waals surface area contributed by atoms with Gasteiger partial charge in [0.25, 0.3) is 0 Å². The van der Waals surface area contributed by atoms with Crippen molar-refractivity contribution in [1.82, 2.24) is 0 Å². The van der Waals surface area contributed by atoms with Crippen molar-refractivity contribution in [1.29, 1.82) is 0 Å². The Kier molecular flexibility index (Phi) is 5.11. The molecule has 1 N–H and O–H groups in total. The van der Waals surface area contributed by atoms with Crippen LogP contribution < -0.4 is 0 Å². The molecule has 4 fully saturated rings. The Hall–Kier alpha value is 0.440. The third-order valence-electron chi connectivity index (χ3n) is 9.77. The summed E-state index contributed by atoms with van der Waals surface area (Å²) >= 11 is 3.77. The van der Waals surface area contributed by atoms with Gasteiger partial charge in [0, 0.05) is 5.33 Å². The number of aliphatic hydroxyl groups is 1. The molecule has 4 saturated carbocycles. The molecule has 0 aromatic carbocycles. The number of halogens is 1. The van der Waals surface area contributed by atoms with E-state index in [0.717, 1.165) is 60.7 Å². The molecular weight excluding hydrogens is 372 g/mol. The van der Waals surface area contributed by atoms with E-state index in [1.807, 2.05) is 0 Å². The Morgan fingerprint density at radius 1 is 1.00 bits per heavy atom. The second-order valence-electron chi connectivity index (χ2n) is 10.6. The molecule has 1 nitrogen and oxygen atoms in total. The zero-order chi connectivity index (χ0) is 17.8. The van der Waals surface area contributed by atoms with Crippen LogP contribution in [0.15, 0.2) is 0 Å². The second kappa shape index (κ2) is 6.80.